The summed E-state index contributed by atoms with van der Waals surface area (Å²) in [4.78, 5) is 23.9. The van der Waals surface area contributed by atoms with E-state index < -0.39 is 49.9 Å². The van der Waals surface area contributed by atoms with Crippen molar-refractivity contribution >= 4 is 28.5 Å². The van der Waals surface area contributed by atoms with Gasteiger partial charge in [-0.3, -0.25) is 4.79 Å². The third-order valence-electron chi connectivity index (χ3n) is 5.48. The van der Waals surface area contributed by atoms with Crippen LogP contribution in [0.1, 0.15) is 19.3 Å². The molecule has 5 atom stereocenters. The molecule has 0 bridgehead atoms. The van der Waals surface area contributed by atoms with Gasteiger partial charge in [-0.15, -0.1) is 0 Å². The minimum absolute atomic E-state index is 0.0609. The van der Waals surface area contributed by atoms with Crippen LogP contribution < -0.4 is 5.43 Å². The highest BCUT2D eigenvalue weighted by Crippen LogP contribution is 2.22. The number of halogens is 1. The van der Waals surface area contributed by atoms with Gasteiger partial charge in [0.25, 0.3) is 0 Å². The summed E-state index contributed by atoms with van der Waals surface area (Å²) in [6.45, 7) is -0.285. The van der Waals surface area contributed by atoms with Crippen molar-refractivity contribution in [3.05, 3.63) is 45.7 Å². The topological polar surface area (TPSA) is 148 Å². The number of rotatable bonds is 10. The average molecular weight is 486 g/mol. The van der Waals surface area contributed by atoms with E-state index >= 15 is 0 Å². The van der Waals surface area contributed by atoms with Crippen LogP contribution in [0.2, 0.25) is 5.02 Å². The fraction of sp³-hybridized carbons (Fsp3) is 0.545. The summed E-state index contributed by atoms with van der Waals surface area (Å²) in [6, 6.07) is 6.67. The predicted octanol–water partition coefficient (Wildman–Crippen LogP) is 0.185. The molecule has 11 heteroatoms. The molecule has 1 aliphatic heterocycles. The van der Waals surface area contributed by atoms with E-state index in [2.05, 4.69) is 0 Å². The zero-order valence-electron chi connectivity index (χ0n) is 17.9. The van der Waals surface area contributed by atoms with Crippen LogP contribution in [0, 0.1) is 0 Å². The first-order valence-corrected chi connectivity index (χ1v) is 11.1. The van der Waals surface area contributed by atoms with Gasteiger partial charge in [0.1, 0.15) is 31.0 Å². The summed E-state index contributed by atoms with van der Waals surface area (Å²) in [6.07, 6.45) is -3.19. The molecule has 1 saturated heterocycles. The van der Waals surface area contributed by atoms with Gasteiger partial charge in [0.2, 0.25) is 0 Å². The Bertz CT molecular complexity index is 997. The summed E-state index contributed by atoms with van der Waals surface area (Å²) in [5, 5.41) is 39.8. The number of aliphatic hydroxyl groups excluding tert-OH is 4. The Morgan fingerprint density at radius 1 is 1.12 bits per heavy atom. The zero-order valence-corrected chi connectivity index (χ0v) is 18.6. The number of aryl methyl sites for hydroxylation is 1. The average Bonchev–Trinajstić information content (AvgIpc) is 2.79. The molecular formula is C22H28ClNO9. The molecule has 2 heterocycles. The van der Waals surface area contributed by atoms with Crippen LogP contribution in [0.15, 0.2) is 35.3 Å². The van der Waals surface area contributed by atoms with Gasteiger partial charge < -0.3 is 39.2 Å². The molecule has 0 saturated carbocycles. The van der Waals surface area contributed by atoms with E-state index in [1.165, 1.54) is 6.07 Å². The number of fused-ring (bicyclic) bond motifs is 1. The maximum atomic E-state index is 12.0. The van der Waals surface area contributed by atoms with Crippen LogP contribution in [0.5, 0.6) is 0 Å². The lowest BCUT2D eigenvalue weighted by Gasteiger charge is -2.39. The van der Waals surface area contributed by atoms with Gasteiger partial charge in [0.15, 0.2) is 11.7 Å². The molecule has 0 radical (unpaired) electrons. The normalized spacial score (nSPS) is 25.3. The van der Waals surface area contributed by atoms with Crippen LogP contribution in [-0.4, -0.2) is 81.5 Å². The summed E-state index contributed by atoms with van der Waals surface area (Å²) < 4.78 is 17.1. The second-order valence-corrected chi connectivity index (χ2v) is 8.26. The molecule has 1 aliphatic rings. The molecule has 1 aromatic carbocycles. The Kier molecular flexibility index (Phi) is 9.21. The van der Waals surface area contributed by atoms with Crippen molar-refractivity contribution in [2.45, 2.75) is 56.5 Å². The Hall–Kier alpha value is -2.05. The number of esters is 1. The van der Waals surface area contributed by atoms with Gasteiger partial charge in [0.05, 0.1) is 18.7 Å². The minimum atomic E-state index is -1.65. The van der Waals surface area contributed by atoms with Gasteiger partial charge in [-0.1, -0.05) is 11.6 Å². The molecular weight excluding hydrogens is 458 g/mol. The number of carbonyl (C=O) groups is 1. The summed E-state index contributed by atoms with van der Waals surface area (Å²) in [5.74, 6) is -0.683. The molecule has 0 spiro atoms. The van der Waals surface area contributed by atoms with Crippen molar-refractivity contribution in [1.82, 2.24) is 4.57 Å². The fourth-order valence-corrected chi connectivity index (χ4v) is 3.86. The highest BCUT2D eigenvalue weighted by atomic mass is 35.5. The number of hydrogen-bond donors (Lipinski definition) is 4. The molecule has 33 heavy (non-hydrogen) atoms. The number of nitrogens with zero attached hydrogens (tertiary/aromatic N) is 1. The van der Waals surface area contributed by atoms with Crippen molar-refractivity contribution in [2.24, 2.45) is 0 Å². The molecule has 4 N–H and O–H groups in total. The number of ether oxygens (including phenoxy) is 3. The number of benzene rings is 1. The standard InChI is InChI=1S/C22H28ClNO9/c23-13-4-5-14-15(10-13)24(8-6-16(14)26)7-2-1-3-9-31-18(27)12-32-21-19(28)17(11-25)33-22(30)20(21)29/h4-6,8,10,17,19-22,25,28-30H,1-3,7,9,11-12H2/t17-,19-,20-,21+,22?/m1/s1. The van der Waals surface area contributed by atoms with Crippen LogP contribution in [0.25, 0.3) is 10.9 Å². The third kappa shape index (κ3) is 6.51. The molecule has 0 amide bonds. The number of carbonyl (C=O) groups excluding carboxylic acids is 1. The Morgan fingerprint density at radius 3 is 2.67 bits per heavy atom. The molecule has 2 aromatic rings. The largest absolute Gasteiger partial charge is 0.464 e. The second kappa shape index (κ2) is 11.9. The highest BCUT2D eigenvalue weighted by Gasteiger charge is 2.44. The monoisotopic (exact) mass is 485 g/mol. The summed E-state index contributed by atoms with van der Waals surface area (Å²) >= 11 is 6.06. The quantitative estimate of drug-likeness (QED) is 0.273. The molecule has 10 nitrogen and oxygen atoms in total. The molecule has 1 fully saturated rings. The van der Waals surface area contributed by atoms with Crippen molar-refractivity contribution in [3.63, 3.8) is 0 Å². The van der Waals surface area contributed by atoms with E-state index in [4.69, 9.17) is 30.9 Å². The smallest absolute Gasteiger partial charge is 0.332 e. The van der Waals surface area contributed by atoms with Crippen molar-refractivity contribution < 1.29 is 39.4 Å². The highest BCUT2D eigenvalue weighted by molar-refractivity contribution is 6.31. The molecule has 3 rings (SSSR count). The fourth-order valence-electron chi connectivity index (χ4n) is 3.69. The number of pyridine rings is 1. The first-order chi connectivity index (χ1) is 15.8. The maximum Gasteiger partial charge on any atom is 0.332 e. The van der Waals surface area contributed by atoms with E-state index in [0.717, 1.165) is 18.4 Å². The van der Waals surface area contributed by atoms with Gasteiger partial charge >= 0.3 is 5.97 Å². The Labute approximate surface area is 194 Å². The lowest BCUT2D eigenvalue weighted by molar-refractivity contribution is -0.294. The SMILES string of the molecule is O=C(CO[C@H]1[C@H](O)[C@@H](CO)OC(O)[C@@H]1O)OCCCCCn1ccc(=O)c2ccc(Cl)cc21. The van der Waals surface area contributed by atoms with Crippen LogP contribution in [0.3, 0.4) is 0 Å². The molecule has 0 aliphatic carbocycles. The van der Waals surface area contributed by atoms with Gasteiger partial charge in [0, 0.05) is 29.2 Å². The van der Waals surface area contributed by atoms with Crippen molar-refractivity contribution in [2.75, 3.05) is 19.8 Å². The third-order valence-corrected chi connectivity index (χ3v) is 5.72. The molecule has 1 aromatic heterocycles. The lowest BCUT2D eigenvalue weighted by Crippen LogP contribution is -2.59. The Morgan fingerprint density at radius 2 is 1.91 bits per heavy atom. The zero-order chi connectivity index (χ0) is 24.0. The van der Waals surface area contributed by atoms with E-state index in [9.17, 15) is 24.9 Å². The maximum absolute atomic E-state index is 12.0. The van der Waals surface area contributed by atoms with Crippen LogP contribution in [0.4, 0.5) is 0 Å². The summed E-state index contributed by atoms with van der Waals surface area (Å²) in [5.41, 5.74) is 0.707. The number of unbranched alkanes of at least 4 members (excludes halogenated alkanes) is 2. The van der Waals surface area contributed by atoms with Crippen LogP contribution in [-0.2, 0) is 25.5 Å². The van der Waals surface area contributed by atoms with Crippen molar-refractivity contribution in [1.29, 1.82) is 0 Å². The van der Waals surface area contributed by atoms with Gasteiger partial charge in [-0.2, -0.15) is 0 Å². The number of aromatic nitrogens is 1. The van der Waals surface area contributed by atoms with Crippen LogP contribution >= 0.6 is 11.6 Å². The van der Waals surface area contributed by atoms with E-state index in [1.807, 2.05) is 4.57 Å². The minimum Gasteiger partial charge on any atom is -0.464 e. The van der Waals surface area contributed by atoms with E-state index in [-0.39, 0.29) is 12.0 Å². The van der Waals surface area contributed by atoms with E-state index in [1.54, 1.807) is 24.4 Å². The van der Waals surface area contributed by atoms with Crippen molar-refractivity contribution in [3.8, 4) is 0 Å². The van der Waals surface area contributed by atoms with Gasteiger partial charge in [-0.05, 0) is 37.5 Å². The first kappa shape index (κ1) is 25.6. The molecule has 182 valence electrons. The first-order valence-electron chi connectivity index (χ1n) is 10.7. The predicted molar refractivity (Wildman–Crippen MR) is 118 cm³/mol. The Balaban J connectivity index is 1.37. The second-order valence-electron chi connectivity index (χ2n) is 7.82. The number of aliphatic hydroxyl groups is 4. The summed E-state index contributed by atoms with van der Waals surface area (Å²) in [7, 11) is 0. The van der Waals surface area contributed by atoms with E-state index in [0.29, 0.717) is 23.4 Å². The lowest BCUT2D eigenvalue weighted by atomic mass is 9.99. The molecule has 1 unspecified atom stereocenters. The van der Waals surface area contributed by atoms with Gasteiger partial charge in [-0.25, -0.2) is 4.79 Å². The number of hydrogen-bond acceptors (Lipinski definition) is 9.